The zero-order chi connectivity index (χ0) is 33.5. The molecule has 5 aliphatic rings. The highest BCUT2D eigenvalue weighted by atomic mass is 32.2. The monoisotopic (exact) mass is 651 g/mol. The van der Waals surface area contributed by atoms with Gasteiger partial charge in [0.15, 0.2) is 0 Å². The van der Waals surface area contributed by atoms with E-state index in [4.69, 9.17) is 5.11 Å². The molecule has 6 nitrogen and oxygen atoms in total. The van der Waals surface area contributed by atoms with Gasteiger partial charge < -0.3 is 10.2 Å². The Kier molecular flexibility index (Phi) is 8.33. The first-order chi connectivity index (χ1) is 21.5. The van der Waals surface area contributed by atoms with Crippen LogP contribution < -0.4 is 0 Å². The second kappa shape index (κ2) is 11.3. The number of fused-ring (bicyclic) bond motifs is 7. The number of carboxylic acid groups (broad SMARTS) is 1. The fraction of sp³-hybridized carbons (Fsp3) is 0.718. The average molecular weight is 652 g/mol. The van der Waals surface area contributed by atoms with Crippen LogP contribution in [0.5, 0.6) is 0 Å². The zero-order valence-corrected chi connectivity index (χ0v) is 29.8. The van der Waals surface area contributed by atoms with Crippen molar-refractivity contribution in [1.29, 1.82) is 0 Å². The Morgan fingerprint density at radius 2 is 1.63 bits per heavy atom. The molecule has 46 heavy (non-hydrogen) atoms. The minimum absolute atomic E-state index is 0.0230. The van der Waals surface area contributed by atoms with Gasteiger partial charge in [0, 0.05) is 24.8 Å². The van der Waals surface area contributed by atoms with Crippen LogP contribution >= 0.6 is 0 Å². The summed E-state index contributed by atoms with van der Waals surface area (Å²) < 4.78 is 30.5. The number of carbonyl (C=O) groups is 1. The van der Waals surface area contributed by atoms with Crippen molar-refractivity contribution in [3.63, 3.8) is 0 Å². The second-order valence-corrected chi connectivity index (χ2v) is 19.1. The standard InChI is InChI=1S/C39H57NO5S/c1-26(2)29-17-21-39(25-41)23-22-37(6)30(34(29)39)14-15-32-36(5)19-8-24-40(35(3,4)31(36)18-20-38(32,37)7)46(44,45)28-12-9-27(10-13-28)11-16-33(42)43/h9-13,16,29-32,34,41H,1,8,14-15,17-25H2,2-7H3,(H,42,43)/b16-11+/t29-,30+,31?,32+,34+,36-,37+,38+,39+/m0/s1. The smallest absolute Gasteiger partial charge is 0.328 e. The van der Waals surface area contributed by atoms with Crippen LogP contribution in [0.4, 0.5) is 0 Å². The molecule has 7 heteroatoms. The molecular formula is C39H57NO5S. The summed E-state index contributed by atoms with van der Waals surface area (Å²) in [6.07, 6.45) is 13.5. The number of sulfonamides is 1. The predicted octanol–water partition coefficient (Wildman–Crippen LogP) is 8.18. The van der Waals surface area contributed by atoms with Crippen molar-refractivity contribution in [1.82, 2.24) is 4.31 Å². The molecule has 5 fully saturated rings. The molecule has 2 N–H and O–H groups in total. The highest BCUT2D eigenvalue weighted by molar-refractivity contribution is 7.89. The van der Waals surface area contributed by atoms with Gasteiger partial charge in [0.1, 0.15) is 0 Å². The molecule has 1 aromatic rings. The molecule has 0 aromatic heterocycles. The van der Waals surface area contributed by atoms with Crippen molar-refractivity contribution in [2.75, 3.05) is 13.2 Å². The summed E-state index contributed by atoms with van der Waals surface area (Å²) in [4.78, 5) is 11.2. The van der Waals surface area contributed by atoms with E-state index in [-0.39, 0.29) is 32.5 Å². The summed E-state index contributed by atoms with van der Waals surface area (Å²) in [5, 5.41) is 19.8. The molecule has 0 bridgehead atoms. The Morgan fingerprint density at radius 3 is 2.26 bits per heavy atom. The van der Waals surface area contributed by atoms with E-state index in [0.29, 0.717) is 42.4 Å². The van der Waals surface area contributed by atoms with Gasteiger partial charge >= 0.3 is 5.97 Å². The number of hydrogen-bond acceptors (Lipinski definition) is 4. The Hall–Kier alpha value is -1.96. The van der Waals surface area contributed by atoms with E-state index in [1.54, 1.807) is 28.6 Å². The van der Waals surface area contributed by atoms with Gasteiger partial charge in [0.2, 0.25) is 10.0 Å². The van der Waals surface area contributed by atoms with Gasteiger partial charge in [-0.15, -0.1) is 0 Å². The van der Waals surface area contributed by atoms with Crippen molar-refractivity contribution < 1.29 is 23.4 Å². The van der Waals surface area contributed by atoms with Crippen LogP contribution in [0.3, 0.4) is 0 Å². The van der Waals surface area contributed by atoms with Gasteiger partial charge in [-0.2, -0.15) is 4.31 Å². The Morgan fingerprint density at radius 1 is 0.935 bits per heavy atom. The van der Waals surface area contributed by atoms with E-state index in [1.165, 1.54) is 30.9 Å². The third-order valence-electron chi connectivity index (χ3n) is 15.3. The molecule has 254 valence electrons. The summed E-state index contributed by atoms with van der Waals surface area (Å²) in [5.74, 6) is 1.32. The number of aliphatic hydroxyl groups excluding tert-OH is 1. The Bertz CT molecular complexity index is 1510. The molecule has 4 saturated carbocycles. The summed E-state index contributed by atoms with van der Waals surface area (Å²) in [6, 6.07) is 6.61. The van der Waals surface area contributed by atoms with Crippen molar-refractivity contribution in [3.8, 4) is 0 Å². The largest absolute Gasteiger partial charge is 0.478 e. The second-order valence-electron chi connectivity index (χ2n) is 17.3. The van der Waals surface area contributed by atoms with E-state index in [1.807, 2.05) is 0 Å². The van der Waals surface area contributed by atoms with Crippen molar-refractivity contribution in [2.45, 2.75) is 116 Å². The van der Waals surface area contributed by atoms with Gasteiger partial charge in [-0.25, -0.2) is 13.2 Å². The first-order valence-electron chi connectivity index (χ1n) is 17.8. The van der Waals surface area contributed by atoms with Crippen LogP contribution in [0.2, 0.25) is 0 Å². The first kappa shape index (κ1) is 33.9. The number of aliphatic carboxylic acids is 1. The van der Waals surface area contributed by atoms with E-state index in [2.05, 4.69) is 48.1 Å². The van der Waals surface area contributed by atoms with Crippen LogP contribution in [0.1, 0.15) is 111 Å². The normalized spacial score (nSPS) is 42.4. The molecule has 1 heterocycles. The van der Waals surface area contributed by atoms with Crippen LogP contribution in [-0.2, 0) is 14.8 Å². The quantitative estimate of drug-likeness (QED) is 0.239. The molecule has 4 aliphatic carbocycles. The molecule has 1 saturated heterocycles. The lowest BCUT2D eigenvalue weighted by molar-refractivity contribution is -0.228. The molecule has 0 radical (unpaired) electrons. The SMILES string of the molecule is C=C(C)[C@@H]1CC[C@]2(CO)CC[C@]3(C)[C@H](CC[C@@H]4[C@@]5(C)CCCN(S(=O)(=O)c6ccc(/C=C/C(=O)O)cc6)C(C)(C)C5CC[C@]43C)[C@@H]12. The average Bonchev–Trinajstić information content (AvgIpc) is 3.34. The molecule has 1 unspecified atom stereocenters. The lowest BCUT2D eigenvalue weighted by Crippen LogP contribution is -2.66. The molecule has 6 rings (SSSR count). The Labute approximate surface area is 277 Å². The van der Waals surface area contributed by atoms with Crippen molar-refractivity contribution in [2.24, 2.45) is 51.2 Å². The summed E-state index contributed by atoms with van der Waals surface area (Å²) >= 11 is 0. The van der Waals surface area contributed by atoms with Crippen molar-refractivity contribution >= 4 is 22.1 Å². The highest BCUT2D eigenvalue weighted by Gasteiger charge is 2.70. The number of carboxylic acids is 1. The maximum Gasteiger partial charge on any atom is 0.328 e. The Balaban J connectivity index is 1.32. The van der Waals surface area contributed by atoms with E-state index >= 15 is 0 Å². The van der Waals surface area contributed by atoms with E-state index in [0.717, 1.165) is 51.0 Å². The molecule has 1 aromatic carbocycles. The first-order valence-corrected chi connectivity index (χ1v) is 19.2. The molecule has 9 atom stereocenters. The maximum absolute atomic E-state index is 14.3. The minimum atomic E-state index is -3.77. The fourth-order valence-corrected chi connectivity index (χ4v) is 14.8. The van der Waals surface area contributed by atoms with E-state index < -0.39 is 21.5 Å². The van der Waals surface area contributed by atoms with Crippen molar-refractivity contribution in [3.05, 3.63) is 48.1 Å². The number of benzene rings is 1. The highest BCUT2D eigenvalue weighted by Crippen LogP contribution is 2.76. The predicted molar refractivity (Wildman–Crippen MR) is 183 cm³/mol. The molecule has 1 aliphatic heterocycles. The van der Waals surface area contributed by atoms with Crippen LogP contribution in [0.15, 0.2) is 47.4 Å². The lowest BCUT2D eigenvalue weighted by Gasteiger charge is -2.71. The van der Waals surface area contributed by atoms with Gasteiger partial charge in [0.05, 0.1) is 4.90 Å². The number of allylic oxidation sites excluding steroid dienone is 1. The number of hydrogen-bond donors (Lipinski definition) is 2. The third kappa shape index (κ3) is 4.75. The van der Waals surface area contributed by atoms with Crippen LogP contribution in [0.25, 0.3) is 6.08 Å². The number of aliphatic hydroxyl groups is 1. The fourth-order valence-electron chi connectivity index (χ4n) is 13.0. The zero-order valence-electron chi connectivity index (χ0n) is 29.0. The summed E-state index contributed by atoms with van der Waals surface area (Å²) in [7, 11) is -3.77. The van der Waals surface area contributed by atoms with Gasteiger partial charge in [-0.05, 0) is 160 Å². The maximum atomic E-state index is 14.3. The molecule has 0 amide bonds. The molecular weight excluding hydrogens is 594 g/mol. The topological polar surface area (TPSA) is 94.9 Å². The number of nitrogens with zero attached hydrogens (tertiary/aromatic N) is 1. The summed E-state index contributed by atoms with van der Waals surface area (Å²) in [5.41, 5.74) is 1.81. The van der Waals surface area contributed by atoms with E-state index in [9.17, 15) is 18.3 Å². The van der Waals surface area contributed by atoms with Gasteiger partial charge in [-0.3, -0.25) is 0 Å². The number of rotatable bonds is 6. The van der Waals surface area contributed by atoms with Crippen LogP contribution in [0, 0.1) is 51.2 Å². The minimum Gasteiger partial charge on any atom is -0.478 e. The third-order valence-corrected chi connectivity index (χ3v) is 17.4. The lowest BCUT2D eigenvalue weighted by atomic mass is 9.33. The van der Waals surface area contributed by atoms with Crippen LogP contribution in [-0.4, -0.2) is 47.6 Å². The van der Waals surface area contributed by atoms with Gasteiger partial charge in [0.25, 0.3) is 0 Å². The van der Waals surface area contributed by atoms with Gasteiger partial charge in [-0.1, -0.05) is 45.1 Å². The molecule has 0 spiro atoms. The summed E-state index contributed by atoms with van der Waals surface area (Å²) in [6.45, 7) is 19.5.